The van der Waals surface area contributed by atoms with Crippen molar-refractivity contribution in [2.24, 2.45) is 0 Å². The van der Waals surface area contributed by atoms with E-state index in [1.165, 1.54) is 6.07 Å². The van der Waals surface area contributed by atoms with Gasteiger partial charge in [-0.1, -0.05) is 0 Å². The monoisotopic (exact) mass is 358 g/mol. The zero-order valence-electron chi connectivity index (χ0n) is 14.8. The molecule has 1 amide bonds. The van der Waals surface area contributed by atoms with Crippen LogP contribution < -0.4 is 15.4 Å². The van der Waals surface area contributed by atoms with Gasteiger partial charge in [-0.05, 0) is 62.2 Å². The molecule has 5 nitrogen and oxygen atoms in total. The Morgan fingerprint density at radius 3 is 2.73 bits per heavy atom. The zero-order valence-corrected chi connectivity index (χ0v) is 14.8. The number of hydrogen-bond acceptors (Lipinski definition) is 4. The summed E-state index contributed by atoms with van der Waals surface area (Å²) in [7, 11) is 0. The van der Waals surface area contributed by atoms with Crippen LogP contribution >= 0.6 is 0 Å². The first kappa shape index (κ1) is 18.2. The van der Waals surface area contributed by atoms with Gasteiger partial charge in [0.05, 0.1) is 18.4 Å². The third-order valence-electron chi connectivity index (χ3n) is 4.20. The Morgan fingerprint density at radius 2 is 2.08 bits per heavy atom. The molecular formula is C20H23FN2O3. The molecule has 2 aromatic rings. The maximum atomic E-state index is 14.2. The van der Waals surface area contributed by atoms with Gasteiger partial charge in [-0.25, -0.2) is 4.39 Å². The molecule has 0 radical (unpaired) electrons. The molecule has 1 aliphatic rings. The number of halogens is 1. The first-order valence-corrected chi connectivity index (χ1v) is 8.85. The van der Waals surface area contributed by atoms with Crippen molar-refractivity contribution in [3.05, 3.63) is 53.8 Å². The van der Waals surface area contributed by atoms with Gasteiger partial charge in [0.1, 0.15) is 11.6 Å². The Balaban J connectivity index is 1.58. The van der Waals surface area contributed by atoms with E-state index in [4.69, 9.17) is 9.47 Å². The quantitative estimate of drug-likeness (QED) is 0.783. The standard InChI is InChI=1S/C20H23FN2O3/c1-2-25-16-8-5-14(6-9-16)20(24)23-15-7-10-19(18(21)12-15)22-13-17-4-3-11-26-17/h5-10,12,17,22H,2-4,11,13H2,1H3,(H,23,24). The van der Waals surface area contributed by atoms with Gasteiger partial charge in [0.25, 0.3) is 5.91 Å². The van der Waals surface area contributed by atoms with Crippen LogP contribution in [0.5, 0.6) is 5.75 Å². The molecule has 1 unspecified atom stereocenters. The second kappa shape index (κ2) is 8.67. The van der Waals surface area contributed by atoms with Crippen molar-refractivity contribution in [2.45, 2.75) is 25.9 Å². The summed E-state index contributed by atoms with van der Waals surface area (Å²) >= 11 is 0. The fraction of sp³-hybridized carbons (Fsp3) is 0.350. The van der Waals surface area contributed by atoms with Crippen molar-refractivity contribution in [1.82, 2.24) is 0 Å². The van der Waals surface area contributed by atoms with E-state index in [1.807, 2.05) is 6.92 Å². The summed E-state index contributed by atoms with van der Waals surface area (Å²) in [5, 5.41) is 5.76. The molecule has 2 aromatic carbocycles. The molecule has 3 rings (SSSR count). The molecule has 0 bridgehead atoms. The molecule has 0 spiro atoms. The lowest BCUT2D eigenvalue weighted by molar-refractivity contribution is 0.102. The van der Waals surface area contributed by atoms with Gasteiger partial charge < -0.3 is 20.1 Å². The van der Waals surface area contributed by atoms with E-state index in [1.54, 1.807) is 36.4 Å². The molecule has 1 atom stereocenters. The summed E-state index contributed by atoms with van der Waals surface area (Å²) in [6.45, 7) is 3.81. The van der Waals surface area contributed by atoms with E-state index in [2.05, 4.69) is 10.6 Å². The fourth-order valence-corrected chi connectivity index (χ4v) is 2.84. The lowest BCUT2D eigenvalue weighted by atomic mass is 10.2. The van der Waals surface area contributed by atoms with Crippen molar-refractivity contribution in [3.63, 3.8) is 0 Å². The Kier molecular flexibility index (Phi) is 6.07. The highest BCUT2D eigenvalue weighted by molar-refractivity contribution is 6.04. The summed E-state index contributed by atoms with van der Waals surface area (Å²) in [5.41, 5.74) is 1.29. The van der Waals surface area contributed by atoms with Crippen molar-refractivity contribution < 1.29 is 18.7 Å². The number of ether oxygens (including phenoxy) is 2. The molecule has 138 valence electrons. The summed E-state index contributed by atoms with van der Waals surface area (Å²) in [5.74, 6) is -0.00299. The van der Waals surface area contributed by atoms with E-state index in [-0.39, 0.29) is 12.0 Å². The lowest BCUT2D eigenvalue weighted by Gasteiger charge is -2.13. The number of hydrogen-bond donors (Lipinski definition) is 2. The van der Waals surface area contributed by atoms with Crippen LogP contribution in [0.1, 0.15) is 30.1 Å². The van der Waals surface area contributed by atoms with Crippen LogP contribution in [0.3, 0.4) is 0 Å². The van der Waals surface area contributed by atoms with Crippen molar-refractivity contribution in [1.29, 1.82) is 0 Å². The smallest absolute Gasteiger partial charge is 0.255 e. The molecule has 1 fully saturated rings. The highest BCUT2D eigenvalue weighted by Crippen LogP contribution is 2.21. The second-order valence-corrected chi connectivity index (χ2v) is 6.12. The van der Waals surface area contributed by atoms with Crippen LogP contribution in [0, 0.1) is 5.82 Å². The normalized spacial score (nSPS) is 16.3. The predicted molar refractivity (Wildman–Crippen MR) is 99.4 cm³/mol. The van der Waals surface area contributed by atoms with Crippen LogP contribution in [0.4, 0.5) is 15.8 Å². The third kappa shape index (κ3) is 4.73. The number of carbonyl (C=O) groups is 1. The summed E-state index contributed by atoms with van der Waals surface area (Å²) in [4.78, 5) is 12.3. The molecule has 1 heterocycles. The molecule has 1 aliphatic heterocycles. The van der Waals surface area contributed by atoms with Crippen LogP contribution in [0.15, 0.2) is 42.5 Å². The molecule has 0 aliphatic carbocycles. The topological polar surface area (TPSA) is 59.6 Å². The van der Waals surface area contributed by atoms with Crippen molar-refractivity contribution in [3.8, 4) is 5.75 Å². The van der Waals surface area contributed by atoms with Gasteiger partial charge in [0.2, 0.25) is 0 Å². The molecule has 6 heteroatoms. The van der Waals surface area contributed by atoms with E-state index in [0.29, 0.717) is 35.8 Å². The Hall–Kier alpha value is -2.60. The molecule has 1 saturated heterocycles. The average molecular weight is 358 g/mol. The Bertz CT molecular complexity index is 743. The van der Waals surface area contributed by atoms with Crippen LogP contribution in [-0.4, -0.2) is 31.8 Å². The third-order valence-corrected chi connectivity index (χ3v) is 4.20. The number of carbonyl (C=O) groups excluding carboxylic acids is 1. The maximum Gasteiger partial charge on any atom is 0.255 e. The SMILES string of the molecule is CCOc1ccc(C(=O)Nc2ccc(NCC3CCCO3)c(F)c2)cc1. The van der Waals surface area contributed by atoms with Crippen molar-refractivity contribution >= 4 is 17.3 Å². The molecule has 0 aromatic heterocycles. The maximum absolute atomic E-state index is 14.2. The largest absolute Gasteiger partial charge is 0.494 e. The number of nitrogens with one attached hydrogen (secondary N) is 2. The van der Waals surface area contributed by atoms with Gasteiger partial charge in [-0.3, -0.25) is 4.79 Å². The summed E-state index contributed by atoms with van der Waals surface area (Å²) < 4.78 is 25.1. The summed E-state index contributed by atoms with van der Waals surface area (Å²) in [6.07, 6.45) is 2.17. The Morgan fingerprint density at radius 1 is 1.27 bits per heavy atom. The van der Waals surface area contributed by atoms with Gasteiger partial charge in [0.15, 0.2) is 0 Å². The summed E-state index contributed by atoms with van der Waals surface area (Å²) in [6, 6.07) is 11.4. The second-order valence-electron chi connectivity index (χ2n) is 6.12. The highest BCUT2D eigenvalue weighted by atomic mass is 19.1. The van der Waals surface area contributed by atoms with Crippen LogP contribution in [-0.2, 0) is 4.74 Å². The predicted octanol–water partition coefficient (Wildman–Crippen LogP) is 4.07. The molecule has 0 saturated carbocycles. The van der Waals surface area contributed by atoms with E-state index in [0.717, 1.165) is 19.4 Å². The van der Waals surface area contributed by atoms with Crippen LogP contribution in [0.2, 0.25) is 0 Å². The van der Waals surface area contributed by atoms with Gasteiger partial charge >= 0.3 is 0 Å². The van der Waals surface area contributed by atoms with Crippen LogP contribution in [0.25, 0.3) is 0 Å². The van der Waals surface area contributed by atoms with E-state index < -0.39 is 5.82 Å². The first-order chi connectivity index (χ1) is 12.7. The number of benzene rings is 2. The molecule has 2 N–H and O–H groups in total. The number of amides is 1. The fourth-order valence-electron chi connectivity index (χ4n) is 2.84. The minimum atomic E-state index is -0.410. The minimum absolute atomic E-state index is 0.133. The van der Waals surface area contributed by atoms with E-state index >= 15 is 0 Å². The molecule has 26 heavy (non-hydrogen) atoms. The average Bonchev–Trinajstić information content (AvgIpc) is 3.15. The lowest BCUT2D eigenvalue weighted by Crippen LogP contribution is -2.19. The first-order valence-electron chi connectivity index (χ1n) is 8.85. The van der Waals surface area contributed by atoms with Crippen molar-refractivity contribution in [2.75, 3.05) is 30.4 Å². The molecular weight excluding hydrogens is 335 g/mol. The van der Waals surface area contributed by atoms with E-state index in [9.17, 15) is 9.18 Å². The minimum Gasteiger partial charge on any atom is -0.494 e. The number of rotatable bonds is 7. The van der Waals surface area contributed by atoms with Gasteiger partial charge in [-0.2, -0.15) is 0 Å². The highest BCUT2D eigenvalue weighted by Gasteiger charge is 2.16. The zero-order chi connectivity index (χ0) is 18.4. The van der Waals surface area contributed by atoms with Gasteiger partial charge in [0, 0.05) is 24.4 Å². The Labute approximate surface area is 152 Å². The number of anilines is 2. The van der Waals surface area contributed by atoms with Gasteiger partial charge in [-0.15, -0.1) is 0 Å².